The van der Waals surface area contributed by atoms with Crippen LogP contribution in [-0.2, 0) is 0 Å². The van der Waals surface area contributed by atoms with Crippen LogP contribution < -0.4 is 15.4 Å². The zero-order valence-electron chi connectivity index (χ0n) is 12.6. The number of ether oxygens (including phenoxy) is 1. The van der Waals surface area contributed by atoms with Crippen LogP contribution in [-0.4, -0.2) is 31.7 Å². The first kappa shape index (κ1) is 16.3. The lowest BCUT2D eigenvalue weighted by Crippen LogP contribution is -2.45. The second-order valence-electron chi connectivity index (χ2n) is 4.79. The van der Waals surface area contributed by atoms with Crippen LogP contribution in [0.2, 0.25) is 0 Å². The molecule has 0 spiro atoms. The first-order valence-corrected chi connectivity index (χ1v) is 6.94. The number of guanidine groups is 1. The van der Waals surface area contributed by atoms with Crippen molar-refractivity contribution in [3.8, 4) is 5.75 Å². The van der Waals surface area contributed by atoms with Gasteiger partial charge in [0, 0.05) is 13.1 Å². The van der Waals surface area contributed by atoms with Gasteiger partial charge in [-0.2, -0.15) is 0 Å². The molecule has 2 N–H and O–H groups in total. The van der Waals surface area contributed by atoms with Gasteiger partial charge < -0.3 is 15.4 Å². The van der Waals surface area contributed by atoms with Crippen molar-refractivity contribution in [1.82, 2.24) is 10.6 Å². The minimum Gasteiger partial charge on any atom is -0.489 e. The molecule has 20 heavy (non-hydrogen) atoms. The molecule has 5 heteroatoms. The first-order valence-electron chi connectivity index (χ1n) is 6.94. The van der Waals surface area contributed by atoms with Crippen LogP contribution in [0.4, 0.5) is 4.39 Å². The molecule has 0 aliphatic rings. The van der Waals surface area contributed by atoms with Crippen LogP contribution in [0.1, 0.15) is 27.2 Å². The predicted molar refractivity (Wildman–Crippen MR) is 80.7 cm³/mol. The number of nitrogens with one attached hydrogen (secondary N) is 2. The zero-order valence-corrected chi connectivity index (χ0v) is 12.6. The summed E-state index contributed by atoms with van der Waals surface area (Å²) in [6.45, 7) is 6.79. The Morgan fingerprint density at radius 3 is 2.50 bits per heavy atom. The van der Waals surface area contributed by atoms with Crippen LogP contribution in [0.15, 0.2) is 29.3 Å². The molecule has 1 aromatic carbocycles. The van der Waals surface area contributed by atoms with E-state index >= 15 is 0 Å². The molecule has 1 rings (SSSR count). The summed E-state index contributed by atoms with van der Waals surface area (Å²) in [6.07, 6.45) is 0.985. The lowest BCUT2D eigenvalue weighted by molar-refractivity contribution is 0.223. The van der Waals surface area contributed by atoms with E-state index in [0.717, 1.165) is 12.4 Å². The normalized spacial score (nSPS) is 14.6. The fraction of sp³-hybridized carbons (Fsp3) is 0.533. The summed E-state index contributed by atoms with van der Waals surface area (Å²) >= 11 is 0. The van der Waals surface area contributed by atoms with Gasteiger partial charge in [-0.1, -0.05) is 6.92 Å². The minimum absolute atomic E-state index is 0.0454. The third kappa shape index (κ3) is 5.91. The fourth-order valence-corrected chi connectivity index (χ4v) is 1.56. The van der Waals surface area contributed by atoms with Crippen molar-refractivity contribution in [2.45, 2.75) is 39.3 Å². The second kappa shape index (κ2) is 8.40. The van der Waals surface area contributed by atoms with Gasteiger partial charge in [0.25, 0.3) is 0 Å². The quantitative estimate of drug-likeness (QED) is 0.622. The van der Waals surface area contributed by atoms with Crippen molar-refractivity contribution in [1.29, 1.82) is 0 Å². The maximum absolute atomic E-state index is 12.8. The number of hydrogen-bond acceptors (Lipinski definition) is 2. The molecule has 0 amide bonds. The molecule has 0 heterocycles. The third-order valence-corrected chi connectivity index (χ3v) is 2.93. The number of rotatable bonds is 6. The highest BCUT2D eigenvalue weighted by Gasteiger charge is 2.07. The predicted octanol–water partition coefficient (Wildman–Crippen LogP) is 2.56. The molecule has 0 fully saturated rings. The third-order valence-electron chi connectivity index (χ3n) is 2.93. The number of aliphatic imine (C=N–C) groups is 1. The van der Waals surface area contributed by atoms with E-state index < -0.39 is 0 Å². The fourth-order valence-electron chi connectivity index (χ4n) is 1.56. The lowest BCUT2D eigenvalue weighted by atomic mass is 10.3. The molecule has 4 nitrogen and oxygen atoms in total. The van der Waals surface area contributed by atoms with E-state index in [2.05, 4.69) is 29.5 Å². The smallest absolute Gasteiger partial charge is 0.191 e. The van der Waals surface area contributed by atoms with Gasteiger partial charge in [0.2, 0.25) is 0 Å². The minimum atomic E-state index is -0.263. The molecule has 112 valence electrons. The van der Waals surface area contributed by atoms with Gasteiger partial charge in [-0.05, 0) is 44.5 Å². The van der Waals surface area contributed by atoms with Crippen molar-refractivity contribution < 1.29 is 9.13 Å². The van der Waals surface area contributed by atoms with E-state index in [4.69, 9.17) is 4.74 Å². The molecule has 0 bridgehead atoms. The van der Waals surface area contributed by atoms with Gasteiger partial charge in [-0.3, -0.25) is 4.99 Å². The Bertz CT molecular complexity index is 420. The van der Waals surface area contributed by atoms with E-state index in [-0.39, 0.29) is 11.9 Å². The van der Waals surface area contributed by atoms with E-state index in [1.54, 1.807) is 19.2 Å². The Hall–Kier alpha value is -1.78. The number of halogens is 1. The Balaban J connectivity index is 2.38. The van der Waals surface area contributed by atoms with Crippen molar-refractivity contribution >= 4 is 5.96 Å². The van der Waals surface area contributed by atoms with Crippen LogP contribution in [0.5, 0.6) is 5.75 Å². The largest absolute Gasteiger partial charge is 0.489 e. The Kier molecular flexibility index (Phi) is 6.84. The maximum atomic E-state index is 12.8. The van der Waals surface area contributed by atoms with Crippen LogP contribution >= 0.6 is 0 Å². The topological polar surface area (TPSA) is 45.7 Å². The highest BCUT2D eigenvalue weighted by atomic mass is 19.1. The van der Waals surface area contributed by atoms with Crippen LogP contribution in [0, 0.1) is 5.82 Å². The van der Waals surface area contributed by atoms with E-state index in [1.165, 1.54) is 12.1 Å². The second-order valence-corrected chi connectivity index (χ2v) is 4.79. The molecule has 0 aliphatic carbocycles. The average Bonchev–Trinajstić information content (AvgIpc) is 2.45. The Morgan fingerprint density at radius 1 is 1.30 bits per heavy atom. The van der Waals surface area contributed by atoms with Gasteiger partial charge >= 0.3 is 0 Å². The molecule has 0 saturated heterocycles. The number of benzene rings is 1. The molecule has 0 saturated carbocycles. The summed E-state index contributed by atoms with van der Waals surface area (Å²) in [7, 11) is 1.74. The van der Waals surface area contributed by atoms with E-state index in [0.29, 0.717) is 18.3 Å². The molecule has 2 atom stereocenters. The molecular formula is C15H24FN3O. The first-order chi connectivity index (χ1) is 9.55. The van der Waals surface area contributed by atoms with Crippen LogP contribution in [0.3, 0.4) is 0 Å². The number of nitrogens with zero attached hydrogens (tertiary/aromatic N) is 1. The standard InChI is InChI=1S/C15H24FN3O/c1-5-11(2)19-15(17-4)18-10-12(3)20-14-8-6-13(16)7-9-14/h6-9,11-12H,5,10H2,1-4H3,(H2,17,18,19). The molecule has 2 unspecified atom stereocenters. The van der Waals surface area contributed by atoms with Gasteiger partial charge in [0.15, 0.2) is 5.96 Å². The van der Waals surface area contributed by atoms with Gasteiger partial charge in [0.1, 0.15) is 17.7 Å². The average molecular weight is 281 g/mol. The van der Waals surface area contributed by atoms with Crippen molar-refractivity contribution in [2.24, 2.45) is 4.99 Å². The van der Waals surface area contributed by atoms with Gasteiger partial charge in [0.05, 0.1) is 6.54 Å². The summed E-state index contributed by atoms with van der Waals surface area (Å²) in [6, 6.07) is 6.39. The summed E-state index contributed by atoms with van der Waals surface area (Å²) in [5.41, 5.74) is 0. The highest BCUT2D eigenvalue weighted by molar-refractivity contribution is 5.79. The Labute approximate surface area is 120 Å². The molecule has 0 radical (unpaired) electrons. The van der Waals surface area contributed by atoms with Crippen molar-refractivity contribution in [3.05, 3.63) is 30.1 Å². The molecule has 0 aromatic heterocycles. The summed E-state index contributed by atoms with van der Waals surface area (Å²) < 4.78 is 18.5. The van der Waals surface area contributed by atoms with Gasteiger partial charge in [-0.15, -0.1) is 0 Å². The summed E-state index contributed by atoms with van der Waals surface area (Å²) in [5, 5.41) is 6.48. The molecular weight excluding hydrogens is 257 g/mol. The zero-order chi connectivity index (χ0) is 15.0. The number of hydrogen-bond donors (Lipinski definition) is 2. The maximum Gasteiger partial charge on any atom is 0.191 e. The lowest BCUT2D eigenvalue weighted by Gasteiger charge is -2.19. The van der Waals surface area contributed by atoms with Crippen molar-refractivity contribution in [3.63, 3.8) is 0 Å². The van der Waals surface area contributed by atoms with Crippen molar-refractivity contribution in [2.75, 3.05) is 13.6 Å². The molecule has 1 aromatic rings. The molecule has 0 aliphatic heterocycles. The SMILES string of the molecule is CCC(C)NC(=NC)NCC(C)Oc1ccc(F)cc1. The summed E-state index contributed by atoms with van der Waals surface area (Å²) in [4.78, 5) is 4.16. The van der Waals surface area contributed by atoms with Gasteiger partial charge in [-0.25, -0.2) is 4.39 Å². The monoisotopic (exact) mass is 281 g/mol. The highest BCUT2D eigenvalue weighted by Crippen LogP contribution is 2.12. The Morgan fingerprint density at radius 2 is 1.95 bits per heavy atom. The van der Waals surface area contributed by atoms with E-state index in [1.807, 2.05) is 6.92 Å². The summed E-state index contributed by atoms with van der Waals surface area (Å²) in [5.74, 6) is 1.15. The van der Waals surface area contributed by atoms with Crippen LogP contribution in [0.25, 0.3) is 0 Å². The van der Waals surface area contributed by atoms with E-state index in [9.17, 15) is 4.39 Å².